The van der Waals surface area contributed by atoms with Crippen molar-refractivity contribution in [3.05, 3.63) is 59.7 Å². The molecule has 0 aliphatic rings. The van der Waals surface area contributed by atoms with E-state index in [0.717, 1.165) is 6.42 Å². The molecule has 0 spiro atoms. The number of hydrogen-bond acceptors (Lipinski definition) is 2. The van der Waals surface area contributed by atoms with E-state index in [4.69, 9.17) is 10.5 Å². The van der Waals surface area contributed by atoms with Crippen LogP contribution < -0.4 is 10.5 Å². The van der Waals surface area contributed by atoms with Gasteiger partial charge in [0, 0.05) is 12.1 Å². The van der Waals surface area contributed by atoms with E-state index in [1.807, 2.05) is 6.92 Å². The number of halogens is 2. The molecule has 0 saturated carbocycles. The van der Waals surface area contributed by atoms with E-state index < -0.39 is 0 Å². The predicted molar refractivity (Wildman–Crippen MR) is 74.8 cm³/mol. The van der Waals surface area contributed by atoms with Crippen molar-refractivity contribution in [2.75, 3.05) is 0 Å². The van der Waals surface area contributed by atoms with Crippen molar-refractivity contribution in [1.29, 1.82) is 0 Å². The lowest BCUT2D eigenvalue weighted by Crippen LogP contribution is -2.21. The highest BCUT2D eigenvalue weighted by molar-refractivity contribution is 5.38. The van der Waals surface area contributed by atoms with Crippen LogP contribution in [-0.2, 0) is 6.42 Å². The molecule has 0 aliphatic heterocycles. The zero-order valence-electron chi connectivity index (χ0n) is 11.3. The molecule has 2 nitrogen and oxygen atoms in total. The zero-order valence-corrected chi connectivity index (χ0v) is 11.3. The molecule has 1 atom stereocenters. The monoisotopic (exact) mass is 277 g/mol. The molecule has 0 heterocycles. The lowest BCUT2D eigenvalue weighted by molar-refractivity contribution is 0.464. The highest BCUT2D eigenvalue weighted by atomic mass is 19.1. The molecule has 0 radical (unpaired) electrons. The Morgan fingerprint density at radius 3 is 2.55 bits per heavy atom. The van der Waals surface area contributed by atoms with E-state index in [1.54, 1.807) is 12.1 Å². The lowest BCUT2D eigenvalue weighted by Gasteiger charge is -2.14. The summed E-state index contributed by atoms with van der Waals surface area (Å²) in [7, 11) is 0. The van der Waals surface area contributed by atoms with Gasteiger partial charge in [-0.3, -0.25) is 0 Å². The van der Waals surface area contributed by atoms with Gasteiger partial charge in [0.2, 0.25) is 0 Å². The zero-order chi connectivity index (χ0) is 14.5. The Hall–Kier alpha value is -1.94. The molecule has 106 valence electrons. The first kappa shape index (κ1) is 14.5. The second-order valence-electron chi connectivity index (χ2n) is 4.68. The molecule has 20 heavy (non-hydrogen) atoms. The minimum atomic E-state index is -0.378. The van der Waals surface area contributed by atoms with Gasteiger partial charge in [-0.15, -0.1) is 0 Å². The molecule has 2 aromatic carbocycles. The lowest BCUT2D eigenvalue weighted by atomic mass is 10.0. The largest absolute Gasteiger partial charge is 0.457 e. The fourth-order valence-corrected chi connectivity index (χ4v) is 1.89. The summed E-state index contributed by atoms with van der Waals surface area (Å²) in [6.07, 6.45) is 1.30. The van der Waals surface area contributed by atoms with Crippen molar-refractivity contribution in [2.45, 2.75) is 25.8 Å². The second-order valence-corrected chi connectivity index (χ2v) is 4.68. The molecule has 2 aromatic rings. The number of benzene rings is 2. The fourth-order valence-electron chi connectivity index (χ4n) is 1.89. The summed E-state index contributed by atoms with van der Waals surface area (Å²) in [5.74, 6) is 0.162. The fraction of sp³-hybridized carbons (Fsp3) is 0.250. The number of nitrogens with two attached hydrogens (primary N) is 1. The Morgan fingerprint density at radius 2 is 1.85 bits per heavy atom. The van der Waals surface area contributed by atoms with Gasteiger partial charge in [0.15, 0.2) is 0 Å². The molecular weight excluding hydrogens is 260 g/mol. The van der Waals surface area contributed by atoms with Gasteiger partial charge in [0.1, 0.15) is 23.1 Å². The van der Waals surface area contributed by atoms with Crippen LogP contribution in [0.2, 0.25) is 0 Å². The Morgan fingerprint density at radius 1 is 1.10 bits per heavy atom. The van der Waals surface area contributed by atoms with Crippen LogP contribution in [-0.4, -0.2) is 6.04 Å². The van der Waals surface area contributed by atoms with Gasteiger partial charge >= 0.3 is 0 Å². The van der Waals surface area contributed by atoms with Crippen molar-refractivity contribution in [1.82, 2.24) is 0 Å². The molecule has 0 saturated heterocycles. The Balaban J connectivity index is 2.26. The van der Waals surface area contributed by atoms with Crippen molar-refractivity contribution >= 4 is 0 Å². The van der Waals surface area contributed by atoms with Crippen LogP contribution >= 0.6 is 0 Å². The predicted octanol–water partition coefficient (Wildman–Crippen LogP) is 4.04. The first-order valence-electron chi connectivity index (χ1n) is 6.56. The van der Waals surface area contributed by atoms with E-state index in [0.29, 0.717) is 23.5 Å². The summed E-state index contributed by atoms with van der Waals surface area (Å²) >= 11 is 0. The van der Waals surface area contributed by atoms with Crippen LogP contribution in [0.1, 0.15) is 18.9 Å². The van der Waals surface area contributed by atoms with Crippen LogP contribution in [0.4, 0.5) is 8.78 Å². The summed E-state index contributed by atoms with van der Waals surface area (Å²) in [5.41, 5.74) is 6.59. The second kappa shape index (κ2) is 6.48. The maximum atomic E-state index is 13.3. The first-order chi connectivity index (χ1) is 9.58. The third-order valence-electron chi connectivity index (χ3n) is 3.05. The van der Waals surface area contributed by atoms with Crippen molar-refractivity contribution < 1.29 is 13.5 Å². The average molecular weight is 277 g/mol. The third kappa shape index (κ3) is 3.78. The van der Waals surface area contributed by atoms with Crippen molar-refractivity contribution in [3.63, 3.8) is 0 Å². The quantitative estimate of drug-likeness (QED) is 0.895. The summed E-state index contributed by atoms with van der Waals surface area (Å²) in [4.78, 5) is 0. The van der Waals surface area contributed by atoms with Gasteiger partial charge in [0.25, 0.3) is 0 Å². The van der Waals surface area contributed by atoms with Crippen molar-refractivity contribution in [3.8, 4) is 11.5 Å². The van der Waals surface area contributed by atoms with Gasteiger partial charge in [-0.1, -0.05) is 13.0 Å². The molecule has 1 unspecified atom stereocenters. The van der Waals surface area contributed by atoms with Crippen LogP contribution in [0.25, 0.3) is 0 Å². The van der Waals surface area contributed by atoms with E-state index >= 15 is 0 Å². The first-order valence-corrected chi connectivity index (χ1v) is 6.56. The molecule has 0 aliphatic carbocycles. The Bertz CT molecular complexity index is 586. The minimum Gasteiger partial charge on any atom is -0.457 e. The van der Waals surface area contributed by atoms with Gasteiger partial charge in [0.05, 0.1) is 0 Å². The molecule has 4 heteroatoms. The standard InChI is InChI=1S/C16H17F2NO/c1-2-14(19)9-11-8-13(18)6-7-16(11)20-15-5-3-4-12(17)10-15/h3-8,10,14H,2,9,19H2,1H3. The molecule has 2 rings (SSSR count). The topological polar surface area (TPSA) is 35.2 Å². The SMILES string of the molecule is CCC(N)Cc1cc(F)ccc1Oc1cccc(F)c1. The minimum absolute atomic E-state index is 0.0633. The highest BCUT2D eigenvalue weighted by Crippen LogP contribution is 2.27. The van der Waals surface area contributed by atoms with Gasteiger partial charge in [-0.05, 0) is 48.7 Å². The molecule has 0 bridgehead atoms. The number of rotatable bonds is 5. The van der Waals surface area contributed by atoms with Crippen LogP contribution in [0.5, 0.6) is 11.5 Å². The number of hydrogen-bond donors (Lipinski definition) is 1. The van der Waals surface area contributed by atoms with E-state index in [9.17, 15) is 8.78 Å². The summed E-state index contributed by atoms with van der Waals surface area (Å²) in [5, 5.41) is 0. The van der Waals surface area contributed by atoms with Crippen LogP contribution in [0, 0.1) is 11.6 Å². The van der Waals surface area contributed by atoms with Gasteiger partial charge in [-0.25, -0.2) is 8.78 Å². The third-order valence-corrected chi connectivity index (χ3v) is 3.05. The van der Waals surface area contributed by atoms with E-state index in [2.05, 4.69) is 0 Å². The molecular formula is C16H17F2NO. The summed E-state index contributed by atoms with van der Waals surface area (Å²) in [6, 6.07) is 10.0. The van der Waals surface area contributed by atoms with Gasteiger partial charge in [-0.2, -0.15) is 0 Å². The average Bonchev–Trinajstić information content (AvgIpc) is 2.42. The molecule has 0 fully saturated rings. The van der Waals surface area contributed by atoms with E-state index in [1.165, 1.54) is 30.3 Å². The van der Waals surface area contributed by atoms with Crippen LogP contribution in [0.15, 0.2) is 42.5 Å². The van der Waals surface area contributed by atoms with Crippen molar-refractivity contribution in [2.24, 2.45) is 5.73 Å². The maximum absolute atomic E-state index is 13.3. The smallest absolute Gasteiger partial charge is 0.130 e. The number of ether oxygens (including phenoxy) is 1. The highest BCUT2D eigenvalue weighted by Gasteiger charge is 2.10. The van der Waals surface area contributed by atoms with Gasteiger partial charge < -0.3 is 10.5 Å². The maximum Gasteiger partial charge on any atom is 0.130 e. The summed E-state index contributed by atoms with van der Waals surface area (Å²) in [6.45, 7) is 1.97. The Labute approximate surface area is 117 Å². The normalized spacial score (nSPS) is 12.2. The summed E-state index contributed by atoms with van der Waals surface area (Å²) < 4.78 is 32.1. The van der Waals surface area contributed by atoms with E-state index in [-0.39, 0.29) is 17.7 Å². The Kier molecular flexibility index (Phi) is 4.69. The molecule has 0 amide bonds. The molecule has 2 N–H and O–H groups in total. The van der Waals surface area contributed by atoms with Crippen LogP contribution in [0.3, 0.4) is 0 Å². The molecule has 0 aromatic heterocycles.